The number of aryl methyl sites for hydroxylation is 1. The van der Waals surface area contributed by atoms with Crippen molar-refractivity contribution in [2.24, 2.45) is 0 Å². The first kappa shape index (κ1) is 9.86. The number of carbonyl (C=O) groups excluding carboxylic acids is 1. The molecule has 1 aromatic rings. The van der Waals surface area contributed by atoms with E-state index in [9.17, 15) is 4.79 Å². The summed E-state index contributed by atoms with van der Waals surface area (Å²) < 4.78 is 0.758. The van der Waals surface area contributed by atoms with Gasteiger partial charge in [0.05, 0.1) is 6.42 Å². The average Bonchev–Trinajstić information content (AvgIpc) is 2.26. The smallest absolute Gasteiger partial charge is 0.227 e. The Labute approximate surface area is 91.8 Å². The number of thiazole rings is 1. The molecule has 0 spiro atoms. The van der Waals surface area contributed by atoms with E-state index >= 15 is 0 Å². The summed E-state index contributed by atoms with van der Waals surface area (Å²) in [5.74, 6) is 0.226. The molecule has 3 nitrogen and oxygen atoms in total. The van der Waals surface area contributed by atoms with Crippen molar-refractivity contribution < 1.29 is 4.79 Å². The Morgan fingerprint density at radius 2 is 2.36 bits per heavy atom. The van der Waals surface area contributed by atoms with Crippen LogP contribution in [-0.2, 0) is 11.2 Å². The van der Waals surface area contributed by atoms with Crippen molar-refractivity contribution >= 4 is 29.5 Å². The van der Waals surface area contributed by atoms with Crippen LogP contribution in [0.25, 0.3) is 0 Å². The Hall–Kier alpha value is -0.680. The molecule has 14 heavy (non-hydrogen) atoms. The van der Waals surface area contributed by atoms with Crippen LogP contribution in [0, 0.1) is 10.9 Å². The molecule has 0 unspecified atom stereocenters. The lowest BCUT2D eigenvalue weighted by Crippen LogP contribution is -2.42. The average molecular weight is 228 g/mol. The highest BCUT2D eigenvalue weighted by molar-refractivity contribution is 7.73. The summed E-state index contributed by atoms with van der Waals surface area (Å²) in [6, 6.07) is 0. The van der Waals surface area contributed by atoms with Crippen molar-refractivity contribution in [2.75, 3.05) is 13.1 Å². The lowest BCUT2D eigenvalue weighted by molar-refractivity contribution is -0.133. The zero-order chi connectivity index (χ0) is 10.1. The second kappa shape index (κ2) is 3.82. The normalized spacial score (nSPS) is 15.4. The molecule has 0 aromatic carbocycles. The van der Waals surface area contributed by atoms with E-state index in [-0.39, 0.29) is 5.91 Å². The number of nitrogens with one attached hydrogen (secondary N) is 1. The number of likely N-dealkylation sites (tertiary alicyclic amines) is 1. The Morgan fingerprint density at radius 3 is 2.79 bits per heavy atom. The minimum atomic E-state index is 0.226. The van der Waals surface area contributed by atoms with Gasteiger partial charge in [-0.1, -0.05) is 0 Å². The monoisotopic (exact) mass is 228 g/mol. The number of amides is 1. The molecule has 0 saturated carbocycles. The van der Waals surface area contributed by atoms with E-state index in [1.807, 2.05) is 11.8 Å². The summed E-state index contributed by atoms with van der Waals surface area (Å²) in [6.45, 7) is 3.81. The van der Waals surface area contributed by atoms with E-state index in [1.54, 1.807) is 0 Å². The highest BCUT2D eigenvalue weighted by Gasteiger charge is 2.21. The third kappa shape index (κ3) is 1.88. The van der Waals surface area contributed by atoms with Gasteiger partial charge in [0.2, 0.25) is 5.91 Å². The topological polar surface area (TPSA) is 36.1 Å². The predicted octanol–water partition coefficient (Wildman–Crippen LogP) is 1.89. The maximum Gasteiger partial charge on any atom is 0.227 e. The number of hydrogen-bond acceptors (Lipinski definition) is 3. The number of H-pyrrole nitrogens is 1. The number of aromatic nitrogens is 1. The van der Waals surface area contributed by atoms with Crippen molar-refractivity contribution in [3.63, 3.8) is 0 Å². The molecule has 1 aliphatic heterocycles. The molecular weight excluding hydrogens is 216 g/mol. The number of nitrogens with zero attached hydrogens (tertiary/aromatic N) is 1. The van der Waals surface area contributed by atoms with Crippen molar-refractivity contribution in [3.05, 3.63) is 14.5 Å². The van der Waals surface area contributed by atoms with Gasteiger partial charge in [-0.15, -0.1) is 11.3 Å². The number of carbonyl (C=O) groups is 1. The van der Waals surface area contributed by atoms with Crippen LogP contribution in [0.4, 0.5) is 0 Å². The fourth-order valence-electron chi connectivity index (χ4n) is 1.42. The van der Waals surface area contributed by atoms with Crippen molar-refractivity contribution in [3.8, 4) is 0 Å². The Morgan fingerprint density at radius 1 is 1.64 bits per heavy atom. The minimum absolute atomic E-state index is 0.226. The molecule has 1 fully saturated rings. The fraction of sp³-hybridized carbons (Fsp3) is 0.556. The largest absolute Gasteiger partial charge is 0.342 e. The maximum atomic E-state index is 11.6. The maximum absolute atomic E-state index is 11.6. The van der Waals surface area contributed by atoms with Crippen molar-refractivity contribution in [2.45, 2.75) is 19.8 Å². The highest BCUT2D eigenvalue weighted by atomic mass is 32.1. The molecule has 1 amide bonds. The molecule has 1 aromatic heterocycles. The second-order valence-corrected chi connectivity index (χ2v) is 5.25. The zero-order valence-electron chi connectivity index (χ0n) is 8.00. The zero-order valence-corrected chi connectivity index (χ0v) is 9.63. The number of aromatic amines is 1. The molecule has 0 atom stereocenters. The van der Waals surface area contributed by atoms with E-state index in [4.69, 9.17) is 12.2 Å². The van der Waals surface area contributed by atoms with E-state index < -0.39 is 0 Å². The lowest BCUT2D eigenvalue weighted by atomic mass is 10.2. The van der Waals surface area contributed by atoms with Crippen LogP contribution >= 0.6 is 23.6 Å². The molecule has 2 rings (SSSR count). The van der Waals surface area contributed by atoms with Gasteiger partial charge in [0, 0.05) is 23.7 Å². The molecule has 1 N–H and O–H groups in total. The van der Waals surface area contributed by atoms with Crippen LogP contribution in [0.3, 0.4) is 0 Å². The standard InChI is InChI=1S/C9H12N2OS2/c1-6-7(14-9(13)10-6)5-8(12)11-3-2-4-11/h2-5H2,1H3,(H,10,13). The third-order valence-corrected chi connectivity index (χ3v) is 3.78. The van der Waals surface area contributed by atoms with Crippen LogP contribution in [0.2, 0.25) is 0 Å². The van der Waals surface area contributed by atoms with E-state index in [2.05, 4.69) is 4.98 Å². The summed E-state index contributed by atoms with van der Waals surface area (Å²) in [4.78, 5) is 17.7. The molecule has 2 heterocycles. The lowest BCUT2D eigenvalue weighted by Gasteiger charge is -2.30. The molecule has 76 valence electrons. The Bertz CT molecular complexity index is 403. The predicted molar refractivity (Wildman–Crippen MR) is 59.1 cm³/mol. The highest BCUT2D eigenvalue weighted by Crippen LogP contribution is 2.17. The molecular formula is C9H12N2OS2. The summed E-state index contributed by atoms with van der Waals surface area (Å²) in [7, 11) is 0. The van der Waals surface area contributed by atoms with E-state index in [0.717, 1.165) is 34.0 Å². The van der Waals surface area contributed by atoms with Gasteiger partial charge in [-0.25, -0.2) is 0 Å². The number of hydrogen-bond donors (Lipinski definition) is 1. The number of rotatable bonds is 2. The molecule has 1 aliphatic rings. The van der Waals surface area contributed by atoms with Crippen LogP contribution in [0.5, 0.6) is 0 Å². The van der Waals surface area contributed by atoms with Crippen LogP contribution < -0.4 is 0 Å². The van der Waals surface area contributed by atoms with Crippen LogP contribution in [-0.4, -0.2) is 28.9 Å². The molecule has 0 radical (unpaired) electrons. The van der Waals surface area contributed by atoms with Gasteiger partial charge in [0.25, 0.3) is 0 Å². The summed E-state index contributed by atoms with van der Waals surface area (Å²) in [6.07, 6.45) is 1.65. The minimum Gasteiger partial charge on any atom is -0.342 e. The summed E-state index contributed by atoms with van der Waals surface area (Å²) in [5, 5.41) is 0. The van der Waals surface area contributed by atoms with Crippen molar-refractivity contribution in [1.29, 1.82) is 0 Å². The van der Waals surface area contributed by atoms with Gasteiger partial charge < -0.3 is 9.88 Å². The second-order valence-electron chi connectivity index (χ2n) is 3.47. The van der Waals surface area contributed by atoms with Gasteiger partial charge in [0.1, 0.15) is 0 Å². The van der Waals surface area contributed by atoms with E-state index in [1.165, 1.54) is 11.3 Å². The van der Waals surface area contributed by atoms with Gasteiger partial charge >= 0.3 is 0 Å². The van der Waals surface area contributed by atoms with Crippen molar-refractivity contribution in [1.82, 2.24) is 9.88 Å². The first-order chi connectivity index (χ1) is 6.66. The summed E-state index contributed by atoms with van der Waals surface area (Å²) in [5.41, 5.74) is 1.04. The van der Waals surface area contributed by atoms with E-state index in [0.29, 0.717) is 6.42 Å². The van der Waals surface area contributed by atoms with Gasteiger partial charge in [-0.2, -0.15) is 0 Å². The summed E-state index contributed by atoms with van der Waals surface area (Å²) >= 11 is 6.53. The Kier molecular flexibility index (Phi) is 2.69. The van der Waals surface area contributed by atoms with Gasteiger partial charge in [0.15, 0.2) is 3.95 Å². The first-order valence-corrected chi connectivity index (χ1v) is 5.85. The first-order valence-electron chi connectivity index (χ1n) is 4.63. The SMILES string of the molecule is Cc1[nH]c(=S)sc1CC(=O)N1CCC1. The molecule has 0 bridgehead atoms. The molecule has 1 saturated heterocycles. The third-order valence-electron chi connectivity index (χ3n) is 2.44. The molecule has 5 heteroatoms. The van der Waals surface area contributed by atoms with Gasteiger partial charge in [-0.3, -0.25) is 4.79 Å². The Balaban J connectivity index is 2.06. The van der Waals surface area contributed by atoms with Crippen LogP contribution in [0.1, 0.15) is 17.0 Å². The van der Waals surface area contributed by atoms with Crippen LogP contribution in [0.15, 0.2) is 0 Å². The quantitative estimate of drug-likeness (QED) is 0.785. The molecule has 0 aliphatic carbocycles. The van der Waals surface area contributed by atoms with Gasteiger partial charge in [-0.05, 0) is 25.6 Å². The fourth-order valence-corrected chi connectivity index (χ4v) is 2.70.